The lowest BCUT2D eigenvalue weighted by molar-refractivity contribution is 0.415. The first-order valence-electron chi connectivity index (χ1n) is 17.4. The fourth-order valence-corrected chi connectivity index (χ4v) is 6.86. The largest absolute Gasteiger partial charge is 0.497 e. The van der Waals surface area contributed by atoms with E-state index in [1.54, 1.807) is 14.2 Å². The summed E-state index contributed by atoms with van der Waals surface area (Å²) in [4.78, 5) is 2.23. The highest BCUT2D eigenvalue weighted by atomic mass is 16.5. The lowest BCUT2D eigenvalue weighted by atomic mass is 9.97. The van der Waals surface area contributed by atoms with Crippen molar-refractivity contribution in [2.45, 2.75) is 0 Å². The van der Waals surface area contributed by atoms with Crippen LogP contribution in [0.25, 0.3) is 51.1 Å². The topological polar surface area (TPSA) is 26.6 Å². The van der Waals surface area contributed by atoms with Gasteiger partial charge in [0, 0.05) is 33.7 Å². The van der Waals surface area contributed by atoms with Crippen LogP contribution in [0.5, 0.6) is 11.5 Å². The second-order valence-electron chi connectivity index (χ2n) is 12.6. The molecule has 0 aliphatic carbocycles. The summed E-state index contributed by atoms with van der Waals surface area (Å²) >= 11 is 0. The zero-order valence-corrected chi connectivity index (χ0v) is 29.2. The summed E-state index contributed by atoms with van der Waals surface area (Å²) in [6, 6.07) is 63.8. The zero-order valence-electron chi connectivity index (χ0n) is 29.2. The second kappa shape index (κ2) is 14.6. The van der Waals surface area contributed by atoms with Crippen molar-refractivity contribution in [1.29, 1.82) is 0 Å². The molecule has 8 rings (SSSR count). The first-order valence-corrected chi connectivity index (χ1v) is 17.4. The molecule has 1 heterocycles. The molecule has 4 heteroatoms. The average Bonchev–Trinajstić information content (AvgIpc) is 3.56. The van der Waals surface area contributed by atoms with E-state index < -0.39 is 0 Å². The predicted molar refractivity (Wildman–Crippen MR) is 217 cm³/mol. The number of para-hydroxylation sites is 1. The Morgan fingerprint density at radius 1 is 0.462 bits per heavy atom. The van der Waals surface area contributed by atoms with Crippen LogP contribution in [0.15, 0.2) is 182 Å². The lowest BCUT2D eigenvalue weighted by Crippen LogP contribution is -2.09. The fourth-order valence-electron chi connectivity index (χ4n) is 6.86. The highest BCUT2D eigenvalue weighted by molar-refractivity contribution is 6.06. The molecule has 1 aromatic heterocycles. The molecule has 52 heavy (non-hydrogen) atoms. The third-order valence-electron chi connectivity index (χ3n) is 9.40. The van der Waals surface area contributed by atoms with Gasteiger partial charge in [0.25, 0.3) is 0 Å². The highest BCUT2D eigenvalue weighted by Crippen LogP contribution is 2.43. The van der Waals surface area contributed by atoms with Crippen molar-refractivity contribution in [1.82, 2.24) is 4.57 Å². The molecule has 0 saturated heterocycles. The minimum absolute atomic E-state index is 0.820. The number of benzene rings is 7. The lowest BCUT2D eigenvalue weighted by Gasteiger charge is -2.26. The number of aromatic nitrogens is 1. The average molecular weight is 675 g/mol. The van der Waals surface area contributed by atoms with Gasteiger partial charge in [-0.25, -0.2) is 0 Å². The molecule has 252 valence electrons. The van der Waals surface area contributed by atoms with Crippen molar-refractivity contribution in [2.75, 3.05) is 19.1 Å². The fraction of sp³-hybridized carbons (Fsp3) is 0.0417. The molecule has 0 aliphatic heterocycles. The van der Waals surface area contributed by atoms with E-state index in [4.69, 9.17) is 9.47 Å². The van der Waals surface area contributed by atoms with Crippen molar-refractivity contribution in [3.05, 3.63) is 193 Å². The van der Waals surface area contributed by atoms with Crippen LogP contribution >= 0.6 is 0 Å². The predicted octanol–water partition coefficient (Wildman–Crippen LogP) is 12.6. The van der Waals surface area contributed by atoms with Gasteiger partial charge in [-0.05, 0) is 107 Å². The van der Waals surface area contributed by atoms with Gasteiger partial charge in [-0.2, -0.15) is 0 Å². The van der Waals surface area contributed by atoms with E-state index in [-0.39, 0.29) is 0 Å². The minimum Gasteiger partial charge on any atom is -0.497 e. The molecular weight excluding hydrogens is 637 g/mol. The smallest absolute Gasteiger partial charge is 0.119 e. The van der Waals surface area contributed by atoms with Gasteiger partial charge >= 0.3 is 0 Å². The van der Waals surface area contributed by atoms with Gasteiger partial charge in [0.1, 0.15) is 11.5 Å². The summed E-state index contributed by atoms with van der Waals surface area (Å²) in [7, 11) is 3.37. The molecule has 8 aromatic rings. The Morgan fingerprint density at radius 3 is 1.46 bits per heavy atom. The molecule has 0 fully saturated rings. The van der Waals surface area contributed by atoms with E-state index >= 15 is 0 Å². The number of nitrogens with zero attached hydrogens (tertiary/aromatic N) is 2. The summed E-state index contributed by atoms with van der Waals surface area (Å²) in [6.45, 7) is 0. The van der Waals surface area contributed by atoms with Crippen LogP contribution < -0.4 is 14.4 Å². The first kappa shape index (κ1) is 32.4. The number of hydrogen-bond acceptors (Lipinski definition) is 3. The Hall–Kier alpha value is -6.78. The van der Waals surface area contributed by atoms with Gasteiger partial charge in [-0.3, -0.25) is 0 Å². The van der Waals surface area contributed by atoms with E-state index in [1.165, 1.54) is 33.3 Å². The molecule has 0 N–H and O–H groups in total. The Balaban J connectivity index is 1.18. The van der Waals surface area contributed by atoms with Crippen LogP contribution in [0.1, 0.15) is 11.1 Å². The standard InChI is InChI=1S/C48H38N2O2/c1-51-43-29-25-41(26-30-43)49(42-27-31-44(52-2)32-28-42)40-23-20-35(21-24-40)18-19-36-22-33-46-45(34-36)47(37-12-6-3-7-13-37)48(38-14-8-4-9-15-38)50(46)39-16-10-5-11-17-39/h3-34H,1-2H3/b19-18+. The molecular formula is C48H38N2O2. The van der Waals surface area contributed by atoms with Crippen LogP contribution in [0.3, 0.4) is 0 Å². The van der Waals surface area contributed by atoms with E-state index in [9.17, 15) is 0 Å². The molecule has 0 saturated carbocycles. The maximum absolute atomic E-state index is 5.43. The molecule has 0 amide bonds. The third kappa shape index (κ3) is 6.46. The monoisotopic (exact) mass is 674 g/mol. The van der Waals surface area contributed by atoms with Gasteiger partial charge < -0.3 is 18.9 Å². The van der Waals surface area contributed by atoms with Gasteiger partial charge in [-0.15, -0.1) is 0 Å². The number of rotatable bonds is 10. The molecule has 0 radical (unpaired) electrons. The quantitative estimate of drug-likeness (QED) is 0.135. The Bertz CT molecular complexity index is 2390. The molecule has 0 bridgehead atoms. The van der Waals surface area contributed by atoms with Crippen molar-refractivity contribution in [3.63, 3.8) is 0 Å². The number of fused-ring (bicyclic) bond motifs is 1. The van der Waals surface area contributed by atoms with Crippen molar-refractivity contribution in [3.8, 4) is 39.6 Å². The van der Waals surface area contributed by atoms with Gasteiger partial charge in [-0.1, -0.05) is 109 Å². The Kier molecular flexibility index (Phi) is 9.10. The summed E-state index contributed by atoms with van der Waals surface area (Å²) in [5, 5.41) is 1.21. The SMILES string of the molecule is COc1ccc(N(c2ccc(/C=C/c3ccc4c(c3)c(-c3ccccc3)c(-c3ccccc3)n4-c3ccccc3)cc2)c2ccc(OC)cc2)cc1. The number of methoxy groups -OCH3 is 2. The van der Waals surface area contributed by atoms with E-state index in [0.29, 0.717) is 0 Å². The van der Waals surface area contributed by atoms with Gasteiger partial charge in [0.05, 0.1) is 25.4 Å². The molecule has 0 aliphatic rings. The van der Waals surface area contributed by atoms with Crippen molar-refractivity contribution in [2.24, 2.45) is 0 Å². The number of hydrogen-bond donors (Lipinski definition) is 0. The van der Waals surface area contributed by atoms with E-state index in [0.717, 1.165) is 45.4 Å². The third-order valence-corrected chi connectivity index (χ3v) is 9.40. The van der Waals surface area contributed by atoms with Gasteiger partial charge in [0.2, 0.25) is 0 Å². The molecule has 0 atom stereocenters. The summed E-state index contributed by atoms with van der Waals surface area (Å²) in [6.07, 6.45) is 4.39. The van der Waals surface area contributed by atoms with Crippen LogP contribution in [0.4, 0.5) is 17.1 Å². The molecule has 7 aromatic carbocycles. The van der Waals surface area contributed by atoms with Crippen LogP contribution in [0, 0.1) is 0 Å². The molecule has 4 nitrogen and oxygen atoms in total. The summed E-state index contributed by atoms with van der Waals surface area (Å²) < 4.78 is 13.3. The Morgan fingerprint density at radius 2 is 0.923 bits per heavy atom. The summed E-state index contributed by atoms with van der Waals surface area (Å²) in [5.41, 5.74) is 12.5. The van der Waals surface area contributed by atoms with E-state index in [2.05, 4.69) is 179 Å². The van der Waals surface area contributed by atoms with E-state index in [1.807, 2.05) is 24.3 Å². The summed E-state index contributed by atoms with van der Waals surface area (Å²) in [5.74, 6) is 1.64. The molecule has 0 unspecified atom stereocenters. The van der Waals surface area contributed by atoms with Crippen LogP contribution in [-0.2, 0) is 0 Å². The maximum Gasteiger partial charge on any atom is 0.119 e. The number of anilines is 3. The first-order chi connectivity index (χ1) is 25.7. The zero-order chi connectivity index (χ0) is 35.3. The van der Waals surface area contributed by atoms with Crippen molar-refractivity contribution >= 4 is 40.1 Å². The van der Waals surface area contributed by atoms with Crippen LogP contribution in [0.2, 0.25) is 0 Å². The van der Waals surface area contributed by atoms with Crippen molar-refractivity contribution < 1.29 is 9.47 Å². The normalized spacial score (nSPS) is 11.2. The highest BCUT2D eigenvalue weighted by Gasteiger charge is 2.21. The number of ether oxygens (including phenoxy) is 2. The maximum atomic E-state index is 5.43. The van der Waals surface area contributed by atoms with Crippen LogP contribution in [-0.4, -0.2) is 18.8 Å². The molecule has 0 spiro atoms. The van der Waals surface area contributed by atoms with Gasteiger partial charge in [0.15, 0.2) is 0 Å². The second-order valence-corrected chi connectivity index (χ2v) is 12.6. The Labute approximate surface area is 305 Å². The minimum atomic E-state index is 0.820.